The van der Waals surface area contributed by atoms with Crippen LogP contribution in [0.5, 0.6) is 0 Å². The van der Waals surface area contributed by atoms with E-state index in [0.717, 1.165) is 20.8 Å². The van der Waals surface area contributed by atoms with Gasteiger partial charge in [-0.1, -0.05) is 30.3 Å². The molecule has 142 valence electrons. The molecule has 0 atom stereocenters. The first-order valence-corrected chi connectivity index (χ1v) is 9.61. The van der Waals surface area contributed by atoms with E-state index in [0.29, 0.717) is 23.4 Å². The van der Waals surface area contributed by atoms with E-state index in [1.807, 2.05) is 44.2 Å². The Morgan fingerprint density at radius 3 is 2.61 bits per heavy atom. The molecule has 3 heterocycles. The number of aromatic nitrogens is 2. The van der Waals surface area contributed by atoms with Gasteiger partial charge in [-0.25, -0.2) is 9.78 Å². The van der Waals surface area contributed by atoms with E-state index < -0.39 is 5.97 Å². The molecule has 1 aromatic carbocycles. The highest BCUT2D eigenvalue weighted by Crippen LogP contribution is 2.27. The largest absolute Gasteiger partial charge is 0.475 e. The zero-order chi connectivity index (χ0) is 19.8. The number of carboxylic acid groups (broad SMARTS) is 1. The molecule has 0 bridgehead atoms. The maximum absolute atomic E-state index is 13.3. The van der Waals surface area contributed by atoms with Gasteiger partial charge in [-0.2, -0.15) is 0 Å². The number of benzene rings is 1. The number of aryl methyl sites for hydroxylation is 2. The molecule has 0 aliphatic heterocycles. The lowest BCUT2D eigenvalue weighted by Gasteiger charge is -2.12. The Morgan fingerprint density at radius 1 is 1.18 bits per heavy atom. The van der Waals surface area contributed by atoms with Crippen LogP contribution < -0.4 is 5.56 Å². The molecule has 3 aromatic heterocycles. The minimum absolute atomic E-state index is 0.131. The van der Waals surface area contributed by atoms with Gasteiger partial charge in [-0.05, 0) is 37.1 Å². The van der Waals surface area contributed by atoms with Gasteiger partial charge in [0, 0.05) is 11.3 Å². The van der Waals surface area contributed by atoms with Crippen LogP contribution in [0.3, 0.4) is 0 Å². The molecule has 4 aromatic rings. The molecule has 7 heteroatoms. The van der Waals surface area contributed by atoms with Gasteiger partial charge in [0.2, 0.25) is 5.76 Å². The van der Waals surface area contributed by atoms with Crippen LogP contribution in [0.4, 0.5) is 0 Å². The molecule has 1 N–H and O–H groups in total. The third-order valence-corrected chi connectivity index (χ3v) is 5.86. The van der Waals surface area contributed by atoms with Crippen molar-refractivity contribution in [2.24, 2.45) is 0 Å². The average molecular weight is 394 g/mol. The van der Waals surface area contributed by atoms with E-state index in [1.165, 1.54) is 17.4 Å². The monoisotopic (exact) mass is 394 g/mol. The van der Waals surface area contributed by atoms with Crippen molar-refractivity contribution in [2.45, 2.75) is 26.8 Å². The topological polar surface area (TPSA) is 85.3 Å². The van der Waals surface area contributed by atoms with Gasteiger partial charge in [0.05, 0.1) is 11.9 Å². The number of carbonyl (C=O) groups is 1. The maximum Gasteiger partial charge on any atom is 0.371 e. The van der Waals surface area contributed by atoms with E-state index in [9.17, 15) is 9.59 Å². The Kier molecular flexibility index (Phi) is 4.60. The Morgan fingerprint density at radius 2 is 1.93 bits per heavy atom. The number of fused-ring (bicyclic) bond motifs is 1. The third-order valence-electron chi connectivity index (χ3n) is 4.76. The predicted octanol–water partition coefficient (Wildman–Crippen LogP) is 4.01. The molecule has 0 aliphatic rings. The minimum Gasteiger partial charge on any atom is -0.475 e. The lowest BCUT2D eigenvalue weighted by molar-refractivity contribution is 0.0660. The standard InChI is InChI=1S/C21H18N2O4S/c1-12-13(2)28-19-18(12)20(24)23(11-15-8-9-16(27-15)21(25)26)17(22-19)10-14-6-4-3-5-7-14/h3-9H,10-11H2,1-2H3,(H,25,26). The van der Waals surface area contributed by atoms with E-state index in [1.54, 1.807) is 10.6 Å². The number of rotatable bonds is 5. The van der Waals surface area contributed by atoms with Crippen molar-refractivity contribution < 1.29 is 14.3 Å². The fraction of sp³-hybridized carbons (Fsp3) is 0.190. The summed E-state index contributed by atoms with van der Waals surface area (Å²) < 4.78 is 6.95. The summed E-state index contributed by atoms with van der Waals surface area (Å²) in [7, 11) is 0. The second kappa shape index (κ2) is 7.09. The first kappa shape index (κ1) is 18.2. The summed E-state index contributed by atoms with van der Waals surface area (Å²) in [5.41, 5.74) is 1.84. The molecule has 28 heavy (non-hydrogen) atoms. The van der Waals surface area contributed by atoms with Crippen molar-refractivity contribution >= 4 is 27.5 Å². The second-order valence-electron chi connectivity index (χ2n) is 6.62. The molecule has 4 rings (SSSR count). The summed E-state index contributed by atoms with van der Waals surface area (Å²) >= 11 is 1.52. The molecular formula is C21H18N2O4S. The highest BCUT2D eigenvalue weighted by molar-refractivity contribution is 7.18. The molecule has 0 saturated carbocycles. The van der Waals surface area contributed by atoms with E-state index >= 15 is 0 Å². The van der Waals surface area contributed by atoms with Gasteiger partial charge in [0.25, 0.3) is 5.56 Å². The van der Waals surface area contributed by atoms with Gasteiger partial charge in [-0.3, -0.25) is 9.36 Å². The highest BCUT2D eigenvalue weighted by atomic mass is 32.1. The molecule has 0 radical (unpaired) electrons. The van der Waals surface area contributed by atoms with Gasteiger partial charge < -0.3 is 9.52 Å². The molecule has 0 amide bonds. The fourth-order valence-electron chi connectivity index (χ4n) is 3.18. The predicted molar refractivity (Wildman–Crippen MR) is 107 cm³/mol. The summed E-state index contributed by atoms with van der Waals surface area (Å²) in [6.45, 7) is 4.04. The summed E-state index contributed by atoms with van der Waals surface area (Å²) in [6.07, 6.45) is 0.495. The van der Waals surface area contributed by atoms with Crippen LogP contribution in [0.2, 0.25) is 0 Å². The first-order chi connectivity index (χ1) is 13.4. The SMILES string of the molecule is Cc1sc2nc(Cc3ccccc3)n(Cc3ccc(C(=O)O)o3)c(=O)c2c1C. The minimum atomic E-state index is -1.14. The number of nitrogens with zero attached hydrogens (tertiary/aromatic N) is 2. The Balaban J connectivity index is 1.86. The third kappa shape index (κ3) is 3.25. The van der Waals surface area contributed by atoms with Crippen LogP contribution in [-0.2, 0) is 13.0 Å². The van der Waals surface area contributed by atoms with E-state index in [4.69, 9.17) is 14.5 Å². The lowest BCUT2D eigenvalue weighted by Crippen LogP contribution is -2.26. The Bertz CT molecular complexity index is 1230. The van der Waals surface area contributed by atoms with Crippen molar-refractivity contribution in [3.05, 3.63) is 86.2 Å². The summed E-state index contributed by atoms with van der Waals surface area (Å²) in [4.78, 5) is 30.9. The van der Waals surface area contributed by atoms with Gasteiger partial charge in [-0.15, -0.1) is 11.3 Å². The van der Waals surface area contributed by atoms with Crippen molar-refractivity contribution in [1.29, 1.82) is 0 Å². The van der Waals surface area contributed by atoms with Crippen molar-refractivity contribution in [1.82, 2.24) is 9.55 Å². The van der Waals surface area contributed by atoms with Crippen LogP contribution in [0.25, 0.3) is 10.2 Å². The highest BCUT2D eigenvalue weighted by Gasteiger charge is 2.18. The lowest BCUT2D eigenvalue weighted by atomic mass is 10.1. The second-order valence-corrected chi connectivity index (χ2v) is 7.82. The molecule has 6 nitrogen and oxygen atoms in total. The van der Waals surface area contributed by atoms with Crippen LogP contribution in [-0.4, -0.2) is 20.6 Å². The zero-order valence-electron chi connectivity index (χ0n) is 15.4. The normalized spacial score (nSPS) is 11.2. The average Bonchev–Trinajstić information content (AvgIpc) is 3.24. The quantitative estimate of drug-likeness (QED) is 0.553. The number of thiophene rings is 1. The van der Waals surface area contributed by atoms with E-state index in [-0.39, 0.29) is 17.9 Å². The van der Waals surface area contributed by atoms with Crippen LogP contribution in [0, 0.1) is 13.8 Å². The van der Waals surface area contributed by atoms with Crippen LogP contribution in [0.1, 0.15) is 38.1 Å². The molecule has 0 saturated heterocycles. The Hall–Kier alpha value is -3.19. The fourth-order valence-corrected chi connectivity index (χ4v) is 4.22. The number of hydrogen-bond acceptors (Lipinski definition) is 5. The first-order valence-electron chi connectivity index (χ1n) is 8.79. The molecule has 0 unspecified atom stereocenters. The van der Waals surface area contributed by atoms with Crippen molar-refractivity contribution in [2.75, 3.05) is 0 Å². The van der Waals surface area contributed by atoms with Crippen LogP contribution >= 0.6 is 11.3 Å². The number of furan rings is 1. The molecule has 0 spiro atoms. The van der Waals surface area contributed by atoms with Crippen LogP contribution in [0.15, 0.2) is 51.7 Å². The van der Waals surface area contributed by atoms with E-state index in [2.05, 4.69) is 0 Å². The summed E-state index contributed by atoms with van der Waals surface area (Å²) in [5.74, 6) is -0.261. The smallest absolute Gasteiger partial charge is 0.371 e. The summed E-state index contributed by atoms with van der Waals surface area (Å²) in [5, 5.41) is 9.69. The van der Waals surface area contributed by atoms with Crippen molar-refractivity contribution in [3.63, 3.8) is 0 Å². The number of carboxylic acids is 1. The maximum atomic E-state index is 13.3. The zero-order valence-corrected chi connectivity index (χ0v) is 16.2. The van der Waals surface area contributed by atoms with Gasteiger partial charge >= 0.3 is 5.97 Å². The van der Waals surface area contributed by atoms with Gasteiger partial charge in [0.1, 0.15) is 16.4 Å². The van der Waals surface area contributed by atoms with Gasteiger partial charge in [0.15, 0.2) is 0 Å². The Labute approximate surface area is 164 Å². The summed E-state index contributed by atoms with van der Waals surface area (Å²) in [6, 6.07) is 12.8. The number of aromatic carboxylic acids is 1. The molecular weight excluding hydrogens is 376 g/mol. The molecule has 0 aliphatic carbocycles. The van der Waals surface area contributed by atoms with Crippen molar-refractivity contribution in [3.8, 4) is 0 Å². The number of hydrogen-bond donors (Lipinski definition) is 1. The molecule has 0 fully saturated rings.